The number of carbonyl (C=O) groups excluding carboxylic acids is 1. The number of halogens is 2. The van der Waals surface area contributed by atoms with Crippen LogP contribution in [0.3, 0.4) is 0 Å². The molecule has 2 rings (SSSR count). The molecule has 0 bridgehead atoms. The van der Waals surface area contributed by atoms with Crippen molar-refractivity contribution in [3.8, 4) is 0 Å². The minimum atomic E-state index is -0.230. The summed E-state index contributed by atoms with van der Waals surface area (Å²) in [4.78, 5) is 12.0. The minimum absolute atomic E-state index is 0.0442. The molecule has 0 aromatic rings. The van der Waals surface area contributed by atoms with Gasteiger partial charge in [-0.3, -0.25) is 4.79 Å². The number of carbonyl (C=O) groups is 1. The third-order valence-corrected chi connectivity index (χ3v) is 7.03. The smallest absolute Gasteiger partial charge is 0.181 e. The number of rotatable bonds is 0. The normalized spacial score (nSPS) is 43.5. The van der Waals surface area contributed by atoms with Crippen LogP contribution in [0, 0.1) is 10.8 Å². The van der Waals surface area contributed by atoms with Gasteiger partial charge in [-0.05, 0) is 43.3 Å². The SMILES string of the molecule is C=C1C(=O)C=CC(C)(C)C12CC[C@@](C)(Cl)[C@H](Br)C2. The van der Waals surface area contributed by atoms with Gasteiger partial charge in [0.25, 0.3) is 0 Å². The van der Waals surface area contributed by atoms with Crippen molar-refractivity contribution in [2.24, 2.45) is 10.8 Å². The standard InChI is InChI=1S/C15H20BrClO/c1-10-11(18)5-6-13(2,3)15(10)8-7-14(4,17)12(16)9-15/h5-6,12H,1,7-9H2,2-4H3/t12-,14-,15?/m1/s1. The summed E-state index contributed by atoms with van der Waals surface area (Å²) in [5, 5.41) is 0. The first-order chi connectivity index (χ1) is 8.12. The first kappa shape index (κ1) is 14.3. The quantitative estimate of drug-likeness (QED) is 0.467. The molecule has 3 atom stereocenters. The second-order valence-electron chi connectivity index (χ2n) is 6.43. The zero-order valence-corrected chi connectivity index (χ0v) is 13.6. The summed E-state index contributed by atoms with van der Waals surface area (Å²) in [5.41, 5.74) is 0.560. The van der Waals surface area contributed by atoms with Gasteiger partial charge >= 0.3 is 0 Å². The Morgan fingerprint density at radius 2 is 2.00 bits per heavy atom. The van der Waals surface area contributed by atoms with Crippen LogP contribution >= 0.6 is 27.5 Å². The van der Waals surface area contributed by atoms with E-state index in [9.17, 15) is 4.79 Å². The Morgan fingerprint density at radius 3 is 2.56 bits per heavy atom. The van der Waals surface area contributed by atoms with Gasteiger partial charge in [0.05, 0.1) is 4.87 Å². The van der Waals surface area contributed by atoms with Gasteiger partial charge in [0.15, 0.2) is 5.78 Å². The molecule has 0 N–H and O–H groups in total. The molecule has 18 heavy (non-hydrogen) atoms. The van der Waals surface area contributed by atoms with Gasteiger partial charge in [0.1, 0.15) is 0 Å². The van der Waals surface area contributed by atoms with E-state index in [1.807, 2.05) is 6.08 Å². The van der Waals surface area contributed by atoms with E-state index >= 15 is 0 Å². The maximum atomic E-state index is 12.0. The van der Waals surface area contributed by atoms with Crippen LogP contribution < -0.4 is 0 Å². The molecule has 1 saturated carbocycles. The summed E-state index contributed by atoms with van der Waals surface area (Å²) < 4.78 is 0. The highest BCUT2D eigenvalue weighted by Gasteiger charge is 2.55. The van der Waals surface area contributed by atoms with E-state index in [4.69, 9.17) is 11.6 Å². The molecule has 2 aliphatic carbocycles. The summed E-state index contributed by atoms with van der Waals surface area (Å²) in [7, 11) is 0. The Kier molecular flexibility index (Phi) is 3.35. The van der Waals surface area contributed by atoms with Crippen molar-refractivity contribution in [1.82, 2.24) is 0 Å². The van der Waals surface area contributed by atoms with Crippen molar-refractivity contribution < 1.29 is 4.79 Å². The molecule has 2 aliphatic rings. The van der Waals surface area contributed by atoms with Gasteiger partial charge in [-0.1, -0.05) is 42.4 Å². The molecular formula is C15H20BrClO. The van der Waals surface area contributed by atoms with Crippen molar-refractivity contribution in [3.05, 3.63) is 24.3 Å². The first-order valence-corrected chi connectivity index (χ1v) is 7.68. The Balaban J connectivity index is 2.44. The van der Waals surface area contributed by atoms with Gasteiger partial charge in [0.2, 0.25) is 0 Å². The zero-order chi connectivity index (χ0) is 13.8. The summed E-state index contributed by atoms with van der Waals surface area (Å²) >= 11 is 10.2. The molecule has 1 nitrogen and oxygen atoms in total. The van der Waals surface area contributed by atoms with Gasteiger partial charge in [0, 0.05) is 10.2 Å². The lowest BCUT2D eigenvalue weighted by molar-refractivity contribution is -0.114. The number of hydrogen-bond donors (Lipinski definition) is 0. The highest BCUT2D eigenvalue weighted by Crippen LogP contribution is 2.60. The van der Waals surface area contributed by atoms with Crippen LogP contribution in [0.1, 0.15) is 40.0 Å². The van der Waals surface area contributed by atoms with E-state index in [0.29, 0.717) is 0 Å². The average molecular weight is 332 g/mol. The second kappa shape index (κ2) is 4.21. The predicted octanol–water partition coefficient (Wildman–Crippen LogP) is 4.64. The Labute approximate surface area is 123 Å². The Bertz CT molecular complexity index is 436. The lowest BCUT2D eigenvalue weighted by Crippen LogP contribution is -2.51. The monoisotopic (exact) mass is 330 g/mol. The molecular weight excluding hydrogens is 312 g/mol. The average Bonchev–Trinajstić information content (AvgIpc) is 2.27. The van der Waals surface area contributed by atoms with Gasteiger partial charge in [-0.2, -0.15) is 0 Å². The minimum Gasteiger partial charge on any atom is -0.290 e. The maximum Gasteiger partial charge on any atom is 0.181 e. The molecule has 0 aromatic heterocycles. The van der Waals surface area contributed by atoms with Crippen molar-refractivity contribution in [3.63, 3.8) is 0 Å². The lowest BCUT2D eigenvalue weighted by atomic mass is 9.51. The Morgan fingerprint density at radius 1 is 1.39 bits per heavy atom. The topological polar surface area (TPSA) is 17.1 Å². The summed E-state index contributed by atoms with van der Waals surface area (Å²) in [6, 6.07) is 0. The molecule has 100 valence electrons. The Hall–Kier alpha value is -0.0800. The number of ketones is 1. The van der Waals surface area contributed by atoms with Gasteiger partial charge < -0.3 is 0 Å². The molecule has 0 amide bonds. The molecule has 3 heteroatoms. The molecule has 0 heterocycles. The number of hydrogen-bond acceptors (Lipinski definition) is 1. The highest BCUT2D eigenvalue weighted by molar-refractivity contribution is 9.09. The van der Waals surface area contributed by atoms with Crippen LogP contribution in [0.25, 0.3) is 0 Å². The third kappa shape index (κ3) is 1.92. The van der Waals surface area contributed by atoms with Crippen LogP contribution in [0.5, 0.6) is 0 Å². The van der Waals surface area contributed by atoms with E-state index in [0.717, 1.165) is 24.8 Å². The van der Waals surface area contributed by atoms with Gasteiger partial charge in [-0.15, -0.1) is 11.6 Å². The zero-order valence-electron chi connectivity index (χ0n) is 11.2. The molecule has 0 saturated heterocycles. The van der Waals surface area contributed by atoms with E-state index in [2.05, 4.69) is 43.3 Å². The van der Waals surface area contributed by atoms with E-state index < -0.39 is 0 Å². The largest absolute Gasteiger partial charge is 0.290 e. The van der Waals surface area contributed by atoms with Crippen LogP contribution in [0.4, 0.5) is 0 Å². The third-order valence-electron chi connectivity index (χ3n) is 4.98. The molecule has 0 aliphatic heterocycles. The van der Waals surface area contributed by atoms with Crippen LogP contribution in [-0.2, 0) is 4.79 Å². The first-order valence-electron chi connectivity index (χ1n) is 6.38. The van der Waals surface area contributed by atoms with Crippen molar-refractivity contribution >= 4 is 33.3 Å². The molecule has 1 fully saturated rings. The fourth-order valence-corrected chi connectivity index (χ4v) is 4.22. The molecule has 1 spiro atoms. The summed E-state index contributed by atoms with van der Waals surface area (Å²) in [6.45, 7) is 10.5. The maximum absolute atomic E-state index is 12.0. The predicted molar refractivity (Wildman–Crippen MR) is 80.3 cm³/mol. The van der Waals surface area contributed by atoms with E-state index in [1.54, 1.807) is 6.08 Å². The molecule has 1 unspecified atom stereocenters. The lowest BCUT2D eigenvalue weighted by Gasteiger charge is -2.54. The van der Waals surface area contributed by atoms with Crippen molar-refractivity contribution in [2.75, 3.05) is 0 Å². The molecule has 0 radical (unpaired) electrons. The highest BCUT2D eigenvalue weighted by atomic mass is 79.9. The molecule has 0 aromatic carbocycles. The van der Waals surface area contributed by atoms with E-state index in [1.165, 1.54) is 0 Å². The van der Waals surface area contributed by atoms with Crippen molar-refractivity contribution in [2.45, 2.75) is 49.7 Å². The fourth-order valence-electron chi connectivity index (χ4n) is 3.26. The summed E-state index contributed by atoms with van der Waals surface area (Å²) in [5.74, 6) is 0.0761. The number of allylic oxidation sites excluding steroid dienone is 3. The van der Waals surface area contributed by atoms with Crippen LogP contribution in [-0.4, -0.2) is 15.5 Å². The van der Waals surface area contributed by atoms with Gasteiger partial charge in [-0.25, -0.2) is 0 Å². The summed E-state index contributed by atoms with van der Waals surface area (Å²) in [6.07, 6.45) is 6.41. The van der Waals surface area contributed by atoms with Crippen molar-refractivity contribution in [1.29, 1.82) is 0 Å². The van der Waals surface area contributed by atoms with Crippen LogP contribution in [0.2, 0.25) is 0 Å². The number of alkyl halides is 2. The fraction of sp³-hybridized carbons (Fsp3) is 0.667. The second-order valence-corrected chi connectivity index (χ2v) is 8.40. The van der Waals surface area contributed by atoms with Crippen LogP contribution in [0.15, 0.2) is 24.3 Å². The van der Waals surface area contributed by atoms with E-state index in [-0.39, 0.29) is 26.3 Å².